The predicted molar refractivity (Wildman–Crippen MR) is 259 cm³/mol. The van der Waals surface area contributed by atoms with Gasteiger partial charge in [0.05, 0.1) is 11.2 Å². The Morgan fingerprint density at radius 2 is 0.903 bits per heavy atom. The van der Waals surface area contributed by atoms with Gasteiger partial charge in [0, 0.05) is 32.8 Å². The Balaban J connectivity index is 0.999. The lowest BCUT2D eigenvalue weighted by Crippen LogP contribution is -2.04. The zero-order valence-corrected chi connectivity index (χ0v) is 34.2. The maximum atomic E-state index is 6.68. The number of allylic oxidation sites excluding steroid dienone is 1. The highest BCUT2D eigenvalue weighted by atomic mass is 16.3. The molecule has 1 aliphatic carbocycles. The lowest BCUT2D eigenvalue weighted by atomic mass is 9.86. The number of nitrogens with zero attached hydrogens (tertiary/aromatic N) is 2. The number of hydrogen-bond acceptors (Lipinski definition) is 3. The van der Waals surface area contributed by atoms with Gasteiger partial charge in [-0.2, -0.15) is 0 Å². The van der Waals surface area contributed by atoms with Crippen LogP contribution in [0.25, 0.3) is 117 Å². The normalized spacial score (nSPS) is 13.6. The maximum Gasteiger partial charge on any atom is 0.227 e. The van der Waals surface area contributed by atoms with E-state index in [1.165, 1.54) is 33.2 Å². The first-order valence-electron chi connectivity index (χ1n) is 21.4. The van der Waals surface area contributed by atoms with Crippen LogP contribution in [0, 0.1) is 5.92 Å². The van der Waals surface area contributed by atoms with E-state index in [1.807, 2.05) is 0 Å². The molecule has 0 spiro atoms. The van der Waals surface area contributed by atoms with Crippen LogP contribution in [-0.2, 0) is 6.42 Å². The zero-order valence-electron chi connectivity index (χ0n) is 34.2. The van der Waals surface area contributed by atoms with Gasteiger partial charge in [0.1, 0.15) is 5.52 Å². The molecule has 1 atom stereocenters. The summed E-state index contributed by atoms with van der Waals surface area (Å²) in [6, 6.07) is 69.5. The van der Waals surface area contributed by atoms with Crippen molar-refractivity contribution in [2.24, 2.45) is 5.92 Å². The zero-order chi connectivity index (χ0) is 41.1. The Hall–Kier alpha value is -7.88. The quantitative estimate of drug-likeness (QED) is 0.157. The molecule has 9 aromatic carbocycles. The molecule has 3 heteroatoms. The van der Waals surface area contributed by atoms with E-state index in [9.17, 15) is 0 Å². The van der Waals surface area contributed by atoms with Gasteiger partial charge in [-0.1, -0.05) is 189 Å². The highest BCUT2D eigenvalue weighted by Gasteiger charge is 2.23. The minimum Gasteiger partial charge on any atom is -0.435 e. The molecule has 2 aromatic heterocycles. The van der Waals surface area contributed by atoms with Crippen LogP contribution >= 0.6 is 0 Å². The molecule has 1 aliphatic rings. The first-order valence-corrected chi connectivity index (χ1v) is 21.4. The SMILES string of the molecule is CC1C=Cc2c(c3ccccc3c3nc(-c4ccc(-c5cc6c(-c7ccc(-c8ccccc8)cc7)cc(-c7ccc(-c8ccccc8)cc7)nc6c6ccccc56)cc4)oc23)C1. The van der Waals surface area contributed by atoms with E-state index in [1.54, 1.807) is 0 Å². The Bertz CT molecular complexity index is 3510. The number of benzene rings is 9. The van der Waals surface area contributed by atoms with Crippen molar-refractivity contribution in [3.63, 3.8) is 0 Å². The first-order chi connectivity index (χ1) is 30.6. The van der Waals surface area contributed by atoms with Crippen molar-refractivity contribution < 1.29 is 4.42 Å². The standard InChI is InChI=1S/C59H40N2O/c1-37-20-33-50-53(34-37)47-17-9-11-19-49(47)57-58(50)62-59(61-57)45-31-27-42(28-32-45)51-35-54-52(43-25-21-40(22-26-43)38-12-4-2-5-13-38)36-55(60-56(54)48-18-10-8-16-46(48)51)44-29-23-41(24-30-44)39-14-6-3-7-15-39/h2-33,35-37H,34H2,1H3. The van der Waals surface area contributed by atoms with Crippen molar-refractivity contribution in [3.8, 4) is 67.2 Å². The van der Waals surface area contributed by atoms with Crippen molar-refractivity contribution in [2.75, 3.05) is 0 Å². The van der Waals surface area contributed by atoms with Crippen molar-refractivity contribution in [2.45, 2.75) is 13.3 Å². The van der Waals surface area contributed by atoms with Gasteiger partial charge in [0.15, 0.2) is 5.58 Å². The van der Waals surface area contributed by atoms with Crippen LogP contribution in [0.15, 0.2) is 205 Å². The lowest BCUT2D eigenvalue weighted by molar-refractivity contribution is 0.617. The highest BCUT2D eigenvalue weighted by molar-refractivity contribution is 6.16. The number of aromatic nitrogens is 2. The van der Waals surface area contributed by atoms with E-state index in [4.69, 9.17) is 14.4 Å². The van der Waals surface area contributed by atoms with Gasteiger partial charge in [0.25, 0.3) is 0 Å². The number of rotatable bonds is 6. The third-order valence-corrected chi connectivity index (χ3v) is 12.7. The summed E-state index contributed by atoms with van der Waals surface area (Å²) < 4.78 is 6.68. The Labute approximate surface area is 360 Å². The van der Waals surface area contributed by atoms with Gasteiger partial charge in [0.2, 0.25) is 5.89 Å². The Morgan fingerprint density at radius 3 is 1.53 bits per heavy atom. The van der Waals surface area contributed by atoms with Crippen LogP contribution in [-0.4, -0.2) is 9.97 Å². The van der Waals surface area contributed by atoms with E-state index in [0.29, 0.717) is 11.8 Å². The molecule has 0 radical (unpaired) electrons. The van der Waals surface area contributed by atoms with Crippen LogP contribution in [0.1, 0.15) is 18.1 Å². The summed E-state index contributed by atoms with van der Waals surface area (Å²) in [6.45, 7) is 2.27. The van der Waals surface area contributed by atoms with Crippen LogP contribution in [0.5, 0.6) is 0 Å². The van der Waals surface area contributed by atoms with Crippen molar-refractivity contribution >= 4 is 49.6 Å². The second kappa shape index (κ2) is 14.7. The van der Waals surface area contributed by atoms with Crippen LogP contribution in [0.3, 0.4) is 0 Å². The molecule has 0 saturated carbocycles. The number of hydrogen-bond donors (Lipinski definition) is 0. The van der Waals surface area contributed by atoms with E-state index in [0.717, 1.165) is 89.2 Å². The maximum absolute atomic E-state index is 6.68. The summed E-state index contributed by atoms with van der Waals surface area (Å²) in [4.78, 5) is 10.6. The van der Waals surface area contributed by atoms with Gasteiger partial charge in [-0.05, 0) is 97.4 Å². The summed E-state index contributed by atoms with van der Waals surface area (Å²) in [6.07, 6.45) is 5.50. The molecular weight excluding hydrogens is 753 g/mol. The monoisotopic (exact) mass is 792 g/mol. The summed E-state index contributed by atoms with van der Waals surface area (Å²) in [7, 11) is 0. The molecule has 12 rings (SSSR count). The molecule has 0 amide bonds. The molecule has 3 nitrogen and oxygen atoms in total. The molecule has 11 aromatic rings. The topological polar surface area (TPSA) is 38.9 Å². The second-order valence-electron chi connectivity index (χ2n) is 16.6. The third kappa shape index (κ3) is 6.13. The average molecular weight is 793 g/mol. The molecule has 0 aliphatic heterocycles. The second-order valence-corrected chi connectivity index (χ2v) is 16.6. The summed E-state index contributed by atoms with van der Waals surface area (Å²) in [5.41, 5.74) is 17.6. The van der Waals surface area contributed by atoms with Gasteiger partial charge < -0.3 is 4.42 Å². The largest absolute Gasteiger partial charge is 0.435 e. The van der Waals surface area contributed by atoms with Crippen molar-refractivity contribution in [3.05, 3.63) is 211 Å². The average Bonchev–Trinajstić information content (AvgIpc) is 3.80. The molecule has 0 saturated heterocycles. The fourth-order valence-electron chi connectivity index (χ4n) is 9.50. The molecule has 1 unspecified atom stereocenters. The molecule has 0 fully saturated rings. The number of pyridine rings is 1. The smallest absolute Gasteiger partial charge is 0.227 e. The minimum absolute atomic E-state index is 0.483. The Morgan fingerprint density at radius 1 is 0.419 bits per heavy atom. The molecule has 292 valence electrons. The third-order valence-electron chi connectivity index (χ3n) is 12.7. The summed E-state index contributed by atoms with van der Waals surface area (Å²) >= 11 is 0. The van der Waals surface area contributed by atoms with Gasteiger partial charge in [-0.3, -0.25) is 0 Å². The first kappa shape index (κ1) is 36.0. The van der Waals surface area contributed by atoms with Gasteiger partial charge in [-0.25, -0.2) is 9.97 Å². The van der Waals surface area contributed by atoms with E-state index < -0.39 is 0 Å². The van der Waals surface area contributed by atoms with E-state index >= 15 is 0 Å². The minimum atomic E-state index is 0.483. The summed E-state index contributed by atoms with van der Waals surface area (Å²) in [5.74, 6) is 1.12. The predicted octanol–water partition coefficient (Wildman–Crippen LogP) is 15.9. The van der Waals surface area contributed by atoms with Crippen LogP contribution in [0.2, 0.25) is 0 Å². The molecule has 2 heterocycles. The lowest BCUT2D eigenvalue weighted by Gasteiger charge is -2.18. The Kier molecular flexibility index (Phi) is 8.53. The fraction of sp³-hybridized carbons (Fsp3) is 0.0508. The summed E-state index contributed by atoms with van der Waals surface area (Å²) in [5, 5.41) is 5.79. The van der Waals surface area contributed by atoms with E-state index in [2.05, 4.69) is 213 Å². The van der Waals surface area contributed by atoms with Gasteiger partial charge >= 0.3 is 0 Å². The van der Waals surface area contributed by atoms with Crippen LogP contribution < -0.4 is 0 Å². The number of fused-ring (bicyclic) bond motifs is 9. The van der Waals surface area contributed by atoms with Crippen LogP contribution in [0.4, 0.5) is 0 Å². The number of oxazole rings is 1. The molecule has 0 bridgehead atoms. The molecule has 0 N–H and O–H groups in total. The molecular formula is C59H40N2O. The highest BCUT2D eigenvalue weighted by Crippen LogP contribution is 2.43. The van der Waals surface area contributed by atoms with Crippen molar-refractivity contribution in [1.29, 1.82) is 0 Å². The van der Waals surface area contributed by atoms with Crippen molar-refractivity contribution in [1.82, 2.24) is 9.97 Å². The molecule has 62 heavy (non-hydrogen) atoms. The fourth-order valence-corrected chi connectivity index (χ4v) is 9.50. The van der Waals surface area contributed by atoms with Gasteiger partial charge in [-0.15, -0.1) is 0 Å². The van der Waals surface area contributed by atoms with E-state index in [-0.39, 0.29) is 0 Å².